The van der Waals surface area contributed by atoms with Crippen molar-refractivity contribution in [3.63, 3.8) is 0 Å². The summed E-state index contributed by atoms with van der Waals surface area (Å²) in [7, 11) is 0. The van der Waals surface area contributed by atoms with Crippen LogP contribution in [0.15, 0.2) is 54.6 Å². The molecule has 2 saturated carbocycles. The SMILES string of the molecule is O=C(NC1CC1)c1ccc(CN(C(=O)c2cc3ccccc3s2)C2CC2)cc1. The molecule has 1 N–H and O–H groups in total. The van der Waals surface area contributed by atoms with Gasteiger partial charge in [0.1, 0.15) is 0 Å². The van der Waals surface area contributed by atoms with Crippen molar-refractivity contribution in [3.05, 3.63) is 70.6 Å². The number of fused-ring (bicyclic) bond motifs is 1. The molecule has 4 nitrogen and oxygen atoms in total. The first-order valence-corrected chi connectivity index (χ1v) is 10.7. The zero-order valence-electron chi connectivity index (χ0n) is 15.6. The van der Waals surface area contributed by atoms with Gasteiger partial charge in [0.15, 0.2) is 0 Å². The lowest BCUT2D eigenvalue weighted by Gasteiger charge is -2.22. The summed E-state index contributed by atoms with van der Waals surface area (Å²) in [5.74, 6) is 0.105. The van der Waals surface area contributed by atoms with Gasteiger partial charge in [0.05, 0.1) is 4.88 Å². The maximum absolute atomic E-state index is 13.2. The topological polar surface area (TPSA) is 49.4 Å². The highest BCUT2D eigenvalue weighted by molar-refractivity contribution is 7.20. The minimum Gasteiger partial charge on any atom is -0.349 e. The summed E-state index contributed by atoms with van der Waals surface area (Å²) < 4.78 is 1.15. The van der Waals surface area contributed by atoms with Gasteiger partial charge >= 0.3 is 0 Å². The maximum Gasteiger partial charge on any atom is 0.264 e. The Labute approximate surface area is 168 Å². The molecular formula is C23H22N2O2S. The van der Waals surface area contributed by atoms with E-state index in [0.717, 1.165) is 46.2 Å². The largest absolute Gasteiger partial charge is 0.349 e. The third kappa shape index (κ3) is 3.67. The Morgan fingerprint density at radius 1 is 1.00 bits per heavy atom. The number of carbonyl (C=O) groups excluding carboxylic acids is 2. The summed E-state index contributed by atoms with van der Waals surface area (Å²) in [4.78, 5) is 28.1. The Morgan fingerprint density at radius 3 is 2.43 bits per heavy atom. The van der Waals surface area contributed by atoms with E-state index in [-0.39, 0.29) is 11.8 Å². The third-order valence-corrected chi connectivity index (χ3v) is 6.47. The number of benzene rings is 2. The molecule has 5 heteroatoms. The van der Waals surface area contributed by atoms with E-state index in [1.165, 1.54) is 0 Å². The van der Waals surface area contributed by atoms with E-state index in [1.807, 2.05) is 47.4 Å². The van der Waals surface area contributed by atoms with Crippen LogP contribution < -0.4 is 5.32 Å². The number of nitrogens with one attached hydrogen (secondary N) is 1. The second kappa shape index (κ2) is 7.06. The normalized spacial score (nSPS) is 16.1. The molecule has 3 aromatic rings. The van der Waals surface area contributed by atoms with Crippen molar-refractivity contribution in [2.45, 2.75) is 44.3 Å². The van der Waals surface area contributed by atoms with Gasteiger partial charge in [-0.3, -0.25) is 9.59 Å². The summed E-state index contributed by atoms with van der Waals surface area (Å²) in [5.41, 5.74) is 1.74. The Morgan fingerprint density at radius 2 is 1.75 bits per heavy atom. The lowest BCUT2D eigenvalue weighted by molar-refractivity contribution is 0.0734. The Kier molecular flexibility index (Phi) is 4.40. The Hall–Kier alpha value is -2.66. The smallest absolute Gasteiger partial charge is 0.264 e. The molecule has 0 aliphatic heterocycles. The predicted octanol–water partition coefficient (Wildman–Crippen LogP) is 4.60. The maximum atomic E-state index is 13.2. The van der Waals surface area contributed by atoms with Crippen molar-refractivity contribution in [2.75, 3.05) is 0 Å². The van der Waals surface area contributed by atoms with Crippen molar-refractivity contribution in [3.8, 4) is 0 Å². The van der Waals surface area contributed by atoms with Gasteiger partial charge in [-0.05, 0) is 60.9 Å². The molecule has 0 radical (unpaired) electrons. The number of amides is 2. The molecule has 1 heterocycles. The monoisotopic (exact) mass is 390 g/mol. The van der Waals surface area contributed by atoms with Crippen LogP contribution in [0.1, 0.15) is 51.3 Å². The minimum absolute atomic E-state index is 0.00514. The molecule has 2 aromatic carbocycles. The van der Waals surface area contributed by atoms with E-state index in [2.05, 4.69) is 17.4 Å². The highest BCUT2D eigenvalue weighted by Gasteiger charge is 2.33. The summed E-state index contributed by atoms with van der Waals surface area (Å²) in [6.45, 7) is 0.586. The van der Waals surface area contributed by atoms with E-state index >= 15 is 0 Å². The van der Waals surface area contributed by atoms with E-state index in [9.17, 15) is 9.59 Å². The fraction of sp³-hybridized carbons (Fsp3) is 0.304. The summed E-state index contributed by atoms with van der Waals surface area (Å²) in [6, 6.07) is 18.5. The predicted molar refractivity (Wildman–Crippen MR) is 112 cm³/mol. The van der Waals surface area contributed by atoms with Crippen LogP contribution in [0.3, 0.4) is 0 Å². The number of rotatable bonds is 6. The second-order valence-corrected chi connectivity index (χ2v) is 8.84. The van der Waals surface area contributed by atoms with Gasteiger partial charge in [0.2, 0.25) is 0 Å². The molecule has 0 spiro atoms. The molecule has 2 aliphatic carbocycles. The molecular weight excluding hydrogens is 368 g/mol. The first kappa shape index (κ1) is 17.4. The van der Waals surface area contributed by atoms with E-state index < -0.39 is 0 Å². The minimum atomic E-state index is -0.00514. The second-order valence-electron chi connectivity index (χ2n) is 7.76. The van der Waals surface area contributed by atoms with Crippen LogP contribution in [0.25, 0.3) is 10.1 Å². The lowest BCUT2D eigenvalue weighted by Crippen LogP contribution is -2.32. The summed E-state index contributed by atoms with van der Waals surface area (Å²) in [6.07, 6.45) is 4.30. The van der Waals surface area contributed by atoms with Crippen molar-refractivity contribution in [1.29, 1.82) is 0 Å². The van der Waals surface area contributed by atoms with Crippen LogP contribution in [0, 0.1) is 0 Å². The highest BCUT2D eigenvalue weighted by atomic mass is 32.1. The summed E-state index contributed by atoms with van der Waals surface area (Å²) >= 11 is 1.56. The number of carbonyl (C=O) groups is 2. The van der Waals surface area contributed by atoms with Crippen molar-refractivity contribution < 1.29 is 9.59 Å². The molecule has 142 valence electrons. The average molecular weight is 391 g/mol. The number of thiophene rings is 1. The molecule has 0 bridgehead atoms. The quantitative estimate of drug-likeness (QED) is 0.669. The molecule has 5 rings (SSSR count). The standard InChI is InChI=1S/C23H22N2O2S/c26-22(24-18-9-10-18)16-7-5-15(6-8-16)14-25(19-11-12-19)23(27)21-13-17-3-1-2-4-20(17)28-21/h1-8,13,18-19H,9-12,14H2,(H,24,26). The van der Waals surface area contributed by atoms with Gasteiger partial charge in [0, 0.05) is 28.9 Å². The summed E-state index contributed by atoms with van der Waals surface area (Å²) in [5, 5.41) is 4.13. The van der Waals surface area contributed by atoms with Crippen LogP contribution in [0.2, 0.25) is 0 Å². The van der Waals surface area contributed by atoms with Gasteiger partial charge in [-0.25, -0.2) is 0 Å². The molecule has 0 atom stereocenters. The number of hydrogen-bond acceptors (Lipinski definition) is 3. The molecule has 28 heavy (non-hydrogen) atoms. The van der Waals surface area contributed by atoms with Crippen molar-refractivity contribution >= 4 is 33.2 Å². The van der Waals surface area contributed by atoms with Gasteiger partial charge in [-0.2, -0.15) is 0 Å². The fourth-order valence-corrected chi connectivity index (χ4v) is 4.46. The van der Waals surface area contributed by atoms with Crippen molar-refractivity contribution in [1.82, 2.24) is 10.2 Å². The zero-order valence-corrected chi connectivity index (χ0v) is 16.4. The van der Waals surface area contributed by atoms with Crippen LogP contribution in [-0.2, 0) is 6.54 Å². The zero-order chi connectivity index (χ0) is 19.1. The molecule has 2 aliphatic rings. The molecule has 0 unspecified atom stereocenters. The van der Waals surface area contributed by atoms with Gasteiger partial charge in [-0.15, -0.1) is 11.3 Å². The van der Waals surface area contributed by atoms with Gasteiger partial charge < -0.3 is 10.2 Å². The Balaban J connectivity index is 1.32. The number of hydrogen-bond donors (Lipinski definition) is 1. The van der Waals surface area contributed by atoms with Crippen molar-refractivity contribution in [2.24, 2.45) is 0 Å². The van der Waals surface area contributed by atoms with Crippen LogP contribution >= 0.6 is 11.3 Å². The first-order valence-electron chi connectivity index (χ1n) is 9.87. The molecule has 0 saturated heterocycles. The van der Waals surface area contributed by atoms with E-state index in [1.54, 1.807) is 11.3 Å². The molecule has 2 fully saturated rings. The van der Waals surface area contributed by atoms with Gasteiger partial charge in [0.25, 0.3) is 11.8 Å². The average Bonchev–Trinajstić information content (AvgIpc) is 3.64. The lowest BCUT2D eigenvalue weighted by atomic mass is 10.1. The molecule has 2 amide bonds. The first-order chi connectivity index (χ1) is 13.7. The van der Waals surface area contributed by atoms with E-state index in [0.29, 0.717) is 24.2 Å². The van der Waals surface area contributed by atoms with Crippen LogP contribution in [0.4, 0.5) is 0 Å². The van der Waals surface area contributed by atoms with Gasteiger partial charge in [-0.1, -0.05) is 30.3 Å². The molecule has 1 aromatic heterocycles. The third-order valence-electron chi connectivity index (χ3n) is 5.37. The van der Waals surface area contributed by atoms with E-state index in [4.69, 9.17) is 0 Å². The Bertz CT molecular complexity index is 999. The fourth-order valence-electron chi connectivity index (χ4n) is 3.44. The number of nitrogens with zero attached hydrogens (tertiary/aromatic N) is 1. The van der Waals surface area contributed by atoms with Crippen LogP contribution in [-0.4, -0.2) is 28.8 Å². The van der Waals surface area contributed by atoms with Crippen LogP contribution in [0.5, 0.6) is 0 Å². The highest BCUT2D eigenvalue weighted by Crippen LogP contribution is 2.33.